The Labute approximate surface area is 117 Å². The number of nitrogens with one attached hydrogen (secondary N) is 1. The molecule has 0 fully saturated rings. The molecule has 0 amide bonds. The van der Waals surface area contributed by atoms with Gasteiger partial charge in [0.15, 0.2) is 5.17 Å². The van der Waals surface area contributed by atoms with Crippen LogP contribution in [0.2, 0.25) is 0 Å². The maximum atomic E-state index is 4.88. The molecule has 2 unspecified atom stereocenters. The van der Waals surface area contributed by atoms with Gasteiger partial charge in [-0.25, -0.2) is 0 Å². The van der Waals surface area contributed by atoms with E-state index in [1.165, 1.54) is 12.2 Å². The Bertz CT molecular complexity index is 281. The number of nitrogens with zero attached hydrogens (tertiary/aromatic N) is 2. The van der Waals surface area contributed by atoms with Crippen molar-refractivity contribution >= 4 is 16.9 Å². The lowest BCUT2D eigenvalue weighted by Crippen LogP contribution is -2.38. The molecule has 0 saturated carbocycles. The number of hydrogen-bond donors (Lipinski definition) is 1. The van der Waals surface area contributed by atoms with Crippen LogP contribution in [0.15, 0.2) is 4.99 Å². The van der Waals surface area contributed by atoms with Gasteiger partial charge in [-0.1, -0.05) is 32.5 Å². The lowest BCUT2D eigenvalue weighted by atomic mass is 9.85. The second kappa shape index (κ2) is 6.80. The zero-order chi connectivity index (χ0) is 13.8. The zero-order valence-corrected chi connectivity index (χ0v) is 13.6. The van der Waals surface area contributed by atoms with E-state index in [0.29, 0.717) is 12.1 Å². The summed E-state index contributed by atoms with van der Waals surface area (Å²) in [5.74, 6) is 1.19. The van der Waals surface area contributed by atoms with Crippen LogP contribution in [-0.4, -0.2) is 48.5 Å². The summed E-state index contributed by atoms with van der Waals surface area (Å²) in [4.78, 5) is 7.10. The van der Waals surface area contributed by atoms with E-state index in [0.717, 1.165) is 18.1 Å². The third kappa shape index (κ3) is 5.61. The SMILES string of the molecule is CC(CCN(C)C)NC1=NC(C(C)(C)C)CCS1. The van der Waals surface area contributed by atoms with Gasteiger partial charge < -0.3 is 10.2 Å². The predicted molar refractivity (Wildman–Crippen MR) is 83.5 cm³/mol. The largest absolute Gasteiger partial charge is 0.362 e. The van der Waals surface area contributed by atoms with Gasteiger partial charge in [-0.2, -0.15) is 0 Å². The van der Waals surface area contributed by atoms with Crippen LogP contribution in [0.5, 0.6) is 0 Å². The van der Waals surface area contributed by atoms with E-state index in [1.54, 1.807) is 0 Å². The second-order valence-corrected chi connectivity index (χ2v) is 7.67. The van der Waals surface area contributed by atoms with Crippen molar-refractivity contribution < 1.29 is 0 Å². The lowest BCUT2D eigenvalue weighted by molar-refractivity contribution is 0.315. The highest BCUT2D eigenvalue weighted by molar-refractivity contribution is 8.13. The van der Waals surface area contributed by atoms with Crippen molar-refractivity contribution in [2.24, 2.45) is 10.4 Å². The summed E-state index contributed by atoms with van der Waals surface area (Å²) in [5.41, 5.74) is 0.279. The van der Waals surface area contributed by atoms with Crippen LogP contribution in [0.3, 0.4) is 0 Å². The summed E-state index contributed by atoms with van der Waals surface area (Å²) in [7, 11) is 4.24. The number of thioether (sulfide) groups is 1. The fourth-order valence-corrected chi connectivity index (χ4v) is 2.97. The van der Waals surface area contributed by atoms with Crippen molar-refractivity contribution in [2.75, 3.05) is 26.4 Å². The van der Waals surface area contributed by atoms with Crippen molar-refractivity contribution in [1.29, 1.82) is 0 Å². The topological polar surface area (TPSA) is 27.6 Å². The summed E-state index contributed by atoms with van der Waals surface area (Å²) >= 11 is 1.87. The Morgan fingerprint density at radius 2 is 2.11 bits per heavy atom. The monoisotopic (exact) mass is 271 g/mol. The van der Waals surface area contributed by atoms with Gasteiger partial charge in [0.25, 0.3) is 0 Å². The average molecular weight is 271 g/mol. The van der Waals surface area contributed by atoms with Gasteiger partial charge >= 0.3 is 0 Å². The van der Waals surface area contributed by atoms with Crippen LogP contribution in [0.4, 0.5) is 0 Å². The molecule has 18 heavy (non-hydrogen) atoms. The normalized spacial score (nSPS) is 22.8. The molecule has 0 saturated heterocycles. The zero-order valence-electron chi connectivity index (χ0n) is 12.8. The van der Waals surface area contributed by atoms with Gasteiger partial charge in [-0.15, -0.1) is 0 Å². The maximum absolute atomic E-state index is 4.88. The molecule has 2 atom stereocenters. The van der Waals surface area contributed by atoms with E-state index < -0.39 is 0 Å². The minimum atomic E-state index is 0.279. The van der Waals surface area contributed by atoms with E-state index in [9.17, 15) is 0 Å². The van der Waals surface area contributed by atoms with Gasteiger partial charge in [-0.3, -0.25) is 4.99 Å². The van der Waals surface area contributed by atoms with Crippen molar-refractivity contribution in [3.8, 4) is 0 Å². The minimum Gasteiger partial charge on any atom is -0.362 e. The molecule has 1 N–H and O–H groups in total. The van der Waals surface area contributed by atoms with Crippen molar-refractivity contribution in [3.05, 3.63) is 0 Å². The molecule has 0 radical (unpaired) electrons. The molecule has 0 spiro atoms. The standard InChI is InChI=1S/C14H29N3S/c1-11(7-9-17(5)6)15-13-16-12(8-10-18-13)14(2,3)4/h11-12H,7-10H2,1-6H3,(H,15,16). The van der Waals surface area contributed by atoms with Crippen LogP contribution < -0.4 is 5.32 Å². The third-order valence-electron chi connectivity index (χ3n) is 3.28. The number of amidine groups is 1. The second-order valence-electron chi connectivity index (χ2n) is 6.59. The molecule has 106 valence electrons. The molecule has 0 aliphatic carbocycles. The highest BCUT2D eigenvalue weighted by Crippen LogP contribution is 2.30. The van der Waals surface area contributed by atoms with E-state index in [-0.39, 0.29) is 5.41 Å². The molecular weight excluding hydrogens is 242 g/mol. The van der Waals surface area contributed by atoms with E-state index in [1.807, 2.05) is 11.8 Å². The summed E-state index contributed by atoms with van der Waals surface area (Å²) in [6, 6.07) is 0.958. The molecule has 0 bridgehead atoms. The predicted octanol–water partition coefficient (Wildman–Crippen LogP) is 2.82. The van der Waals surface area contributed by atoms with Crippen molar-refractivity contribution in [2.45, 2.75) is 52.6 Å². The van der Waals surface area contributed by atoms with Crippen LogP contribution in [0.25, 0.3) is 0 Å². The number of aliphatic imine (C=N–C) groups is 1. The first-order valence-electron chi connectivity index (χ1n) is 6.91. The van der Waals surface area contributed by atoms with E-state index in [2.05, 4.69) is 52.0 Å². The summed E-state index contributed by atoms with van der Waals surface area (Å²) < 4.78 is 0. The fourth-order valence-electron chi connectivity index (χ4n) is 1.95. The maximum Gasteiger partial charge on any atom is 0.157 e. The van der Waals surface area contributed by atoms with Crippen molar-refractivity contribution in [1.82, 2.24) is 10.2 Å². The van der Waals surface area contributed by atoms with Gasteiger partial charge in [0.2, 0.25) is 0 Å². The molecule has 0 aromatic carbocycles. The van der Waals surface area contributed by atoms with Crippen LogP contribution >= 0.6 is 11.8 Å². The van der Waals surface area contributed by atoms with Gasteiger partial charge in [0, 0.05) is 11.8 Å². The smallest absolute Gasteiger partial charge is 0.157 e. The summed E-state index contributed by atoms with van der Waals surface area (Å²) in [6.45, 7) is 10.2. The van der Waals surface area contributed by atoms with Crippen LogP contribution in [-0.2, 0) is 0 Å². The fraction of sp³-hybridized carbons (Fsp3) is 0.929. The van der Waals surface area contributed by atoms with E-state index >= 15 is 0 Å². The molecular formula is C14H29N3S. The Balaban J connectivity index is 2.48. The molecule has 1 aliphatic rings. The first-order chi connectivity index (χ1) is 8.29. The summed E-state index contributed by atoms with van der Waals surface area (Å²) in [6.07, 6.45) is 2.36. The molecule has 1 rings (SSSR count). The van der Waals surface area contributed by atoms with Crippen molar-refractivity contribution in [3.63, 3.8) is 0 Å². The summed E-state index contributed by atoms with van der Waals surface area (Å²) in [5, 5.41) is 4.71. The quantitative estimate of drug-likeness (QED) is 0.852. The van der Waals surface area contributed by atoms with Crippen LogP contribution in [0.1, 0.15) is 40.5 Å². The highest BCUT2D eigenvalue weighted by atomic mass is 32.2. The molecule has 0 aromatic rings. The first kappa shape index (κ1) is 15.8. The Kier molecular flexibility index (Phi) is 5.99. The Morgan fingerprint density at radius 1 is 1.44 bits per heavy atom. The lowest BCUT2D eigenvalue weighted by Gasteiger charge is -2.32. The van der Waals surface area contributed by atoms with Gasteiger partial charge in [0.05, 0.1) is 6.04 Å². The minimum absolute atomic E-state index is 0.279. The molecule has 1 heterocycles. The number of hydrogen-bond acceptors (Lipinski definition) is 4. The van der Waals surface area contributed by atoms with Gasteiger partial charge in [-0.05, 0) is 45.8 Å². The first-order valence-corrected chi connectivity index (χ1v) is 7.89. The molecule has 0 aromatic heterocycles. The average Bonchev–Trinajstić information content (AvgIpc) is 2.25. The van der Waals surface area contributed by atoms with Crippen LogP contribution in [0, 0.1) is 5.41 Å². The van der Waals surface area contributed by atoms with E-state index in [4.69, 9.17) is 4.99 Å². The third-order valence-corrected chi connectivity index (χ3v) is 4.22. The molecule has 4 heteroatoms. The molecule has 3 nitrogen and oxygen atoms in total. The Morgan fingerprint density at radius 3 is 2.67 bits per heavy atom. The van der Waals surface area contributed by atoms with Gasteiger partial charge in [0.1, 0.15) is 0 Å². The number of rotatable bonds is 4. The Hall–Kier alpha value is -0.220. The molecule has 1 aliphatic heterocycles. The highest BCUT2D eigenvalue weighted by Gasteiger charge is 2.27.